The largest absolute Gasteiger partial charge is 0.389 e. The second kappa shape index (κ2) is 7.75. The zero-order valence-corrected chi connectivity index (χ0v) is 13.8. The van der Waals surface area contributed by atoms with E-state index in [1.54, 1.807) is 13.1 Å². The highest BCUT2D eigenvalue weighted by Crippen LogP contribution is 2.20. The Morgan fingerprint density at radius 1 is 0.833 bits per heavy atom. The van der Waals surface area contributed by atoms with E-state index in [4.69, 9.17) is 0 Å². The molecule has 24 heavy (non-hydrogen) atoms. The smallest absolute Gasteiger partial charge is 0.129 e. The molecule has 1 atom stereocenters. The van der Waals surface area contributed by atoms with Crippen molar-refractivity contribution in [2.75, 3.05) is 4.90 Å². The summed E-state index contributed by atoms with van der Waals surface area (Å²) in [6, 6.07) is 24.7. The summed E-state index contributed by atoms with van der Waals surface area (Å²) < 4.78 is 0. The van der Waals surface area contributed by atoms with Crippen molar-refractivity contribution < 1.29 is 5.11 Å². The van der Waals surface area contributed by atoms with Gasteiger partial charge in [-0.05, 0) is 29.7 Å². The molecule has 3 heteroatoms. The normalized spacial score (nSPS) is 11.9. The molecule has 0 amide bonds. The number of pyridine rings is 1. The average Bonchev–Trinajstić information content (AvgIpc) is 2.63. The minimum atomic E-state index is -0.497. The maximum atomic E-state index is 9.67. The fourth-order valence-electron chi connectivity index (χ4n) is 2.66. The summed E-state index contributed by atoms with van der Waals surface area (Å²) in [4.78, 5) is 6.81. The summed E-state index contributed by atoms with van der Waals surface area (Å²) in [5.74, 6) is 0.909. The summed E-state index contributed by atoms with van der Waals surface area (Å²) in [5, 5.41) is 9.67. The van der Waals surface area contributed by atoms with Gasteiger partial charge < -0.3 is 10.0 Å². The van der Waals surface area contributed by atoms with E-state index in [9.17, 15) is 5.11 Å². The van der Waals surface area contributed by atoms with Gasteiger partial charge in [-0.25, -0.2) is 4.98 Å². The van der Waals surface area contributed by atoms with Crippen LogP contribution in [0.2, 0.25) is 0 Å². The number of rotatable bonds is 6. The molecule has 0 saturated heterocycles. The summed E-state index contributed by atoms with van der Waals surface area (Å²) >= 11 is 0. The number of hydrogen-bond donors (Lipinski definition) is 1. The molecule has 2 aromatic carbocycles. The van der Waals surface area contributed by atoms with E-state index >= 15 is 0 Å². The summed E-state index contributed by atoms with van der Waals surface area (Å²) in [6.45, 7) is 3.33. The molecule has 3 nitrogen and oxygen atoms in total. The van der Waals surface area contributed by atoms with Crippen LogP contribution < -0.4 is 4.90 Å². The molecule has 0 aliphatic heterocycles. The molecule has 1 aromatic heterocycles. The van der Waals surface area contributed by atoms with Crippen molar-refractivity contribution in [2.24, 2.45) is 0 Å². The Bertz CT molecular complexity index is 698. The summed E-state index contributed by atoms with van der Waals surface area (Å²) in [7, 11) is 0. The number of hydrogen-bond acceptors (Lipinski definition) is 3. The second-order valence-corrected chi connectivity index (χ2v) is 5.95. The lowest BCUT2D eigenvalue weighted by molar-refractivity contribution is 0.199. The van der Waals surface area contributed by atoms with Crippen molar-refractivity contribution in [3.63, 3.8) is 0 Å². The Kier molecular flexibility index (Phi) is 5.24. The van der Waals surface area contributed by atoms with E-state index in [-0.39, 0.29) is 0 Å². The second-order valence-electron chi connectivity index (χ2n) is 5.95. The van der Waals surface area contributed by atoms with E-state index in [1.165, 1.54) is 11.1 Å². The van der Waals surface area contributed by atoms with Crippen LogP contribution in [0.25, 0.3) is 0 Å². The number of aliphatic hydroxyl groups is 1. The monoisotopic (exact) mass is 318 g/mol. The zero-order chi connectivity index (χ0) is 16.8. The fraction of sp³-hybridized carbons (Fsp3) is 0.190. The quantitative estimate of drug-likeness (QED) is 0.734. The highest BCUT2D eigenvalue weighted by Gasteiger charge is 2.11. The lowest BCUT2D eigenvalue weighted by Gasteiger charge is -2.24. The molecule has 0 unspecified atom stereocenters. The third-order valence-electron chi connectivity index (χ3n) is 4.01. The number of benzene rings is 2. The van der Waals surface area contributed by atoms with Crippen LogP contribution in [0.3, 0.4) is 0 Å². The van der Waals surface area contributed by atoms with Gasteiger partial charge in [0, 0.05) is 19.3 Å². The number of anilines is 1. The van der Waals surface area contributed by atoms with Crippen molar-refractivity contribution in [2.45, 2.75) is 26.1 Å². The predicted molar refractivity (Wildman–Crippen MR) is 97.6 cm³/mol. The molecule has 3 aromatic rings. The molecule has 0 aliphatic rings. The highest BCUT2D eigenvalue weighted by atomic mass is 16.3. The summed E-state index contributed by atoms with van der Waals surface area (Å²) in [6.07, 6.45) is 1.26. The molecule has 0 aliphatic carbocycles. The Labute approximate surface area is 143 Å². The first-order valence-electron chi connectivity index (χ1n) is 8.19. The third kappa shape index (κ3) is 4.21. The number of aliphatic hydroxyl groups excluding tert-OH is 1. The van der Waals surface area contributed by atoms with Gasteiger partial charge in [-0.3, -0.25) is 0 Å². The SMILES string of the molecule is C[C@H](O)c1ccc(N(Cc2ccccc2)Cc2ccccc2)nc1. The topological polar surface area (TPSA) is 36.4 Å². The van der Waals surface area contributed by atoms with Crippen LogP contribution in [0.15, 0.2) is 79.0 Å². The fourth-order valence-corrected chi connectivity index (χ4v) is 2.66. The molecular weight excluding hydrogens is 296 g/mol. The number of aromatic nitrogens is 1. The van der Waals surface area contributed by atoms with E-state index in [2.05, 4.69) is 58.4 Å². The van der Waals surface area contributed by atoms with Crippen LogP contribution in [0.1, 0.15) is 29.7 Å². The molecule has 1 N–H and O–H groups in total. The molecule has 0 spiro atoms. The van der Waals surface area contributed by atoms with Gasteiger partial charge in [0.05, 0.1) is 6.10 Å². The molecule has 0 saturated carbocycles. The van der Waals surface area contributed by atoms with Gasteiger partial charge in [-0.1, -0.05) is 66.7 Å². The molecule has 0 fully saturated rings. The Balaban J connectivity index is 1.86. The van der Waals surface area contributed by atoms with Crippen molar-refractivity contribution in [1.29, 1.82) is 0 Å². The van der Waals surface area contributed by atoms with E-state index < -0.39 is 6.10 Å². The maximum Gasteiger partial charge on any atom is 0.129 e. The van der Waals surface area contributed by atoms with Gasteiger partial charge in [0.25, 0.3) is 0 Å². The van der Waals surface area contributed by atoms with Gasteiger partial charge in [0.15, 0.2) is 0 Å². The van der Waals surface area contributed by atoms with E-state index in [1.807, 2.05) is 24.3 Å². The molecular formula is C21H22N2O. The third-order valence-corrected chi connectivity index (χ3v) is 4.01. The lowest BCUT2D eigenvalue weighted by atomic mass is 10.1. The van der Waals surface area contributed by atoms with Crippen LogP contribution in [-0.4, -0.2) is 10.1 Å². The van der Waals surface area contributed by atoms with E-state index in [0.29, 0.717) is 0 Å². The number of nitrogens with zero attached hydrogens (tertiary/aromatic N) is 2. The average molecular weight is 318 g/mol. The van der Waals surface area contributed by atoms with Crippen LogP contribution in [0.4, 0.5) is 5.82 Å². The van der Waals surface area contributed by atoms with E-state index in [0.717, 1.165) is 24.5 Å². The first-order chi connectivity index (χ1) is 11.7. The Morgan fingerprint density at radius 2 is 1.38 bits per heavy atom. The van der Waals surface area contributed by atoms with Crippen molar-refractivity contribution in [3.8, 4) is 0 Å². The van der Waals surface area contributed by atoms with Gasteiger partial charge in [0.2, 0.25) is 0 Å². The molecule has 3 rings (SSSR count). The lowest BCUT2D eigenvalue weighted by Crippen LogP contribution is -2.23. The van der Waals surface area contributed by atoms with Crippen LogP contribution in [-0.2, 0) is 13.1 Å². The van der Waals surface area contributed by atoms with Crippen molar-refractivity contribution >= 4 is 5.82 Å². The van der Waals surface area contributed by atoms with Gasteiger partial charge in [-0.2, -0.15) is 0 Å². The minimum Gasteiger partial charge on any atom is -0.389 e. The molecule has 0 bridgehead atoms. The minimum absolute atomic E-state index is 0.497. The van der Waals surface area contributed by atoms with Crippen LogP contribution in [0, 0.1) is 0 Å². The van der Waals surface area contributed by atoms with Crippen LogP contribution >= 0.6 is 0 Å². The zero-order valence-electron chi connectivity index (χ0n) is 13.8. The molecule has 0 radical (unpaired) electrons. The summed E-state index contributed by atoms with van der Waals surface area (Å²) in [5.41, 5.74) is 3.32. The maximum absolute atomic E-state index is 9.67. The first-order valence-corrected chi connectivity index (χ1v) is 8.19. The standard InChI is InChI=1S/C21H22N2O/c1-17(24)20-12-13-21(22-14-20)23(15-18-8-4-2-5-9-18)16-19-10-6-3-7-11-19/h2-14,17,24H,15-16H2,1H3/t17-/m0/s1. The Morgan fingerprint density at radius 3 is 1.79 bits per heavy atom. The van der Waals surface area contributed by atoms with Crippen LogP contribution in [0.5, 0.6) is 0 Å². The first kappa shape index (κ1) is 16.2. The predicted octanol–water partition coefficient (Wildman–Crippen LogP) is 4.34. The Hall–Kier alpha value is -2.65. The van der Waals surface area contributed by atoms with Crippen molar-refractivity contribution in [3.05, 3.63) is 95.7 Å². The highest BCUT2D eigenvalue weighted by molar-refractivity contribution is 5.42. The van der Waals surface area contributed by atoms with Gasteiger partial charge in [-0.15, -0.1) is 0 Å². The van der Waals surface area contributed by atoms with Crippen molar-refractivity contribution in [1.82, 2.24) is 4.98 Å². The van der Waals surface area contributed by atoms with Gasteiger partial charge >= 0.3 is 0 Å². The molecule has 122 valence electrons. The van der Waals surface area contributed by atoms with Gasteiger partial charge in [0.1, 0.15) is 5.82 Å². The molecule has 1 heterocycles.